The monoisotopic (exact) mass is 396 g/mol. The maximum Gasteiger partial charge on any atom is 0.320 e. The summed E-state index contributed by atoms with van der Waals surface area (Å²) in [7, 11) is 1.50. The lowest BCUT2D eigenvalue weighted by Gasteiger charge is -2.29. The van der Waals surface area contributed by atoms with Crippen LogP contribution in [0.15, 0.2) is 12.2 Å². The zero-order chi connectivity index (χ0) is 21.0. The predicted molar refractivity (Wildman–Crippen MR) is 112 cm³/mol. The highest BCUT2D eigenvalue weighted by molar-refractivity contribution is 5.77. The molecule has 0 aliphatic carbocycles. The Morgan fingerprint density at radius 2 is 2.07 bits per heavy atom. The van der Waals surface area contributed by atoms with Crippen molar-refractivity contribution in [2.24, 2.45) is 11.3 Å². The highest BCUT2D eigenvalue weighted by Crippen LogP contribution is 2.41. The first-order valence-electron chi connectivity index (χ1n) is 10.8. The van der Waals surface area contributed by atoms with E-state index < -0.39 is 12.0 Å². The average molecular weight is 397 g/mol. The Labute approximate surface area is 170 Å². The van der Waals surface area contributed by atoms with Gasteiger partial charge >= 0.3 is 5.97 Å². The third kappa shape index (κ3) is 7.92. The number of hydrogen-bond acceptors (Lipinski definition) is 4. The van der Waals surface area contributed by atoms with Crippen LogP contribution in [0.2, 0.25) is 0 Å². The van der Waals surface area contributed by atoms with Gasteiger partial charge in [0.2, 0.25) is 5.91 Å². The Kier molecular flexibility index (Phi) is 11.4. The summed E-state index contributed by atoms with van der Waals surface area (Å²) >= 11 is 0. The zero-order valence-electron chi connectivity index (χ0n) is 18.2. The lowest BCUT2D eigenvalue weighted by Crippen LogP contribution is -2.42. The number of allylic oxidation sites excluding steroid dienone is 1. The molecule has 162 valence electrons. The van der Waals surface area contributed by atoms with Gasteiger partial charge in [-0.25, -0.2) is 0 Å². The van der Waals surface area contributed by atoms with E-state index in [0.717, 1.165) is 38.6 Å². The van der Waals surface area contributed by atoms with E-state index in [1.807, 2.05) is 6.92 Å². The van der Waals surface area contributed by atoms with E-state index in [9.17, 15) is 14.7 Å². The van der Waals surface area contributed by atoms with Gasteiger partial charge in [0, 0.05) is 32.2 Å². The average Bonchev–Trinajstić information content (AvgIpc) is 2.99. The number of amides is 1. The number of methoxy groups -OCH3 is 1. The van der Waals surface area contributed by atoms with Gasteiger partial charge in [0.15, 0.2) is 0 Å². The van der Waals surface area contributed by atoms with Crippen molar-refractivity contribution in [2.45, 2.75) is 71.8 Å². The Bertz CT molecular complexity index is 509. The molecule has 1 unspecified atom stereocenters. The number of likely N-dealkylation sites (tertiary alicyclic amines) is 1. The van der Waals surface area contributed by atoms with Crippen molar-refractivity contribution in [3.63, 3.8) is 0 Å². The summed E-state index contributed by atoms with van der Waals surface area (Å²) in [5, 5.41) is 12.8. The molecule has 1 aliphatic rings. The molecule has 1 saturated heterocycles. The highest BCUT2D eigenvalue weighted by Gasteiger charge is 2.45. The number of carboxylic acids is 1. The Morgan fingerprint density at radius 1 is 1.32 bits per heavy atom. The van der Waals surface area contributed by atoms with E-state index in [1.165, 1.54) is 13.5 Å². The molecule has 6 nitrogen and oxygen atoms in total. The smallest absolute Gasteiger partial charge is 0.320 e. The molecule has 1 rings (SSSR count). The number of carbonyl (C=O) groups is 2. The van der Waals surface area contributed by atoms with Crippen molar-refractivity contribution < 1.29 is 19.4 Å². The van der Waals surface area contributed by atoms with Crippen LogP contribution in [0.5, 0.6) is 0 Å². The van der Waals surface area contributed by atoms with Gasteiger partial charge in [-0.3, -0.25) is 14.5 Å². The van der Waals surface area contributed by atoms with Crippen molar-refractivity contribution in [3.05, 3.63) is 12.2 Å². The molecule has 0 saturated carbocycles. The fourth-order valence-corrected chi connectivity index (χ4v) is 4.43. The fourth-order valence-electron chi connectivity index (χ4n) is 4.43. The summed E-state index contributed by atoms with van der Waals surface area (Å²) < 4.78 is 4.87. The van der Waals surface area contributed by atoms with Gasteiger partial charge in [-0.15, -0.1) is 0 Å². The molecule has 1 fully saturated rings. The molecular formula is C22H40N2O4. The summed E-state index contributed by atoms with van der Waals surface area (Å²) in [6.07, 6.45) is 11.5. The molecule has 28 heavy (non-hydrogen) atoms. The maximum absolute atomic E-state index is 12.0. The van der Waals surface area contributed by atoms with Gasteiger partial charge < -0.3 is 15.2 Å². The first kappa shape index (κ1) is 24.6. The minimum absolute atomic E-state index is 0.0525. The van der Waals surface area contributed by atoms with Gasteiger partial charge in [0.05, 0.1) is 0 Å². The summed E-state index contributed by atoms with van der Waals surface area (Å²) in [5.74, 6) is -0.618. The van der Waals surface area contributed by atoms with Crippen LogP contribution in [-0.2, 0) is 14.3 Å². The van der Waals surface area contributed by atoms with Gasteiger partial charge in [-0.2, -0.15) is 0 Å². The number of nitrogens with one attached hydrogen (secondary N) is 1. The molecule has 2 N–H and O–H groups in total. The second kappa shape index (κ2) is 12.9. The lowest BCUT2D eigenvalue weighted by atomic mass is 9.80. The molecule has 1 amide bonds. The third-order valence-corrected chi connectivity index (χ3v) is 5.70. The lowest BCUT2D eigenvalue weighted by molar-refractivity contribution is -0.142. The molecule has 1 heterocycles. The first-order valence-corrected chi connectivity index (χ1v) is 10.8. The minimum atomic E-state index is -0.736. The van der Waals surface area contributed by atoms with E-state index in [0.29, 0.717) is 19.5 Å². The number of hydrogen-bond donors (Lipinski definition) is 2. The van der Waals surface area contributed by atoms with Crippen LogP contribution in [-0.4, -0.2) is 61.3 Å². The van der Waals surface area contributed by atoms with Gasteiger partial charge in [-0.1, -0.05) is 51.7 Å². The normalized spacial score (nSPS) is 23.9. The number of rotatable bonds is 14. The van der Waals surface area contributed by atoms with E-state index in [-0.39, 0.29) is 23.8 Å². The number of nitrogens with zero attached hydrogens (tertiary/aromatic N) is 1. The van der Waals surface area contributed by atoms with Crippen LogP contribution in [0, 0.1) is 11.3 Å². The van der Waals surface area contributed by atoms with E-state index in [4.69, 9.17) is 4.74 Å². The molecule has 0 spiro atoms. The molecule has 0 aromatic heterocycles. The molecule has 1 aliphatic heterocycles. The van der Waals surface area contributed by atoms with E-state index >= 15 is 0 Å². The minimum Gasteiger partial charge on any atom is -0.480 e. The summed E-state index contributed by atoms with van der Waals surface area (Å²) in [6.45, 7) is 8.43. The number of carbonyl (C=O) groups excluding carboxylic acids is 1. The predicted octanol–water partition coefficient (Wildman–Crippen LogP) is 3.47. The van der Waals surface area contributed by atoms with Crippen molar-refractivity contribution in [2.75, 3.05) is 33.4 Å². The zero-order valence-corrected chi connectivity index (χ0v) is 18.2. The molecule has 3 atom stereocenters. The first-order chi connectivity index (χ1) is 13.4. The number of carboxylic acid groups (broad SMARTS) is 1. The topological polar surface area (TPSA) is 78.9 Å². The van der Waals surface area contributed by atoms with E-state index in [1.54, 1.807) is 0 Å². The summed E-state index contributed by atoms with van der Waals surface area (Å²) in [6, 6.07) is -0.452. The SMILES string of the molecule is CC=C[C@]1(CCCCC)C[C@H](C(=O)O)N(CC(CCC)CNC(=O)COC)C1. The van der Waals surface area contributed by atoms with Crippen molar-refractivity contribution in [3.8, 4) is 0 Å². The quantitative estimate of drug-likeness (QED) is 0.347. The Balaban J connectivity index is 2.84. The number of ether oxygens (including phenoxy) is 1. The Hall–Kier alpha value is -1.40. The van der Waals surface area contributed by atoms with E-state index in [2.05, 4.69) is 36.2 Å². The largest absolute Gasteiger partial charge is 0.480 e. The van der Waals surface area contributed by atoms with Crippen LogP contribution in [0.4, 0.5) is 0 Å². The molecule has 0 radical (unpaired) electrons. The van der Waals surface area contributed by atoms with Crippen molar-refractivity contribution in [1.82, 2.24) is 10.2 Å². The Morgan fingerprint density at radius 3 is 2.64 bits per heavy atom. The van der Waals surface area contributed by atoms with Crippen LogP contribution < -0.4 is 5.32 Å². The van der Waals surface area contributed by atoms with Crippen molar-refractivity contribution in [1.29, 1.82) is 0 Å². The maximum atomic E-state index is 12.0. The summed E-state index contributed by atoms with van der Waals surface area (Å²) in [5.41, 5.74) is -0.0525. The van der Waals surface area contributed by atoms with Gasteiger partial charge in [-0.05, 0) is 32.1 Å². The highest BCUT2D eigenvalue weighted by atomic mass is 16.5. The van der Waals surface area contributed by atoms with Crippen molar-refractivity contribution >= 4 is 11.9 Å². The van der Waals surface area contributed by atoms with Gasteiger partial charge in [0.25, 0.3) is 0 Å². The molecule has 0 bridgehead atoms. The number of unbranched alkanes of at least 4 members (excludes halogenated alkanes) is 2. The molecule has 0 aromatic carbocycles. The van der Waals surface area contributed by atoms with Crippen LogP contribution >= 0.6 is 0 Å². The second-order valence-corrected chi connectivity index (χ2v) is 8.20. The molecular weight excluding hydrogens is 356 g/mol. The van der Waals surface area contributed by atoms with Gasteiger partial charge in [0.1, 0.15) is 12.6 Å². The third-order valence-electron chi connectivity index (χ3n) is 5.70. The van der Waals surface area contributed by atoms with Crippen LogP contribution in [0.1, 0.15) is 65.7 Å². The standard InChI is InChI=1S/C22H40N2O4/c1-5-8-9-12-22(11-7-3)13-19(21(26)27)24(17-22)15-18(10-6-2)14-23-20(25)16-28-4/h7,11,18-19H,5-6,8-10,12-17H2,1-4H3,(H,23,25)(H,26,27)/t18?,19-,22+/m1/s1. The van der Waals surface area contributed by atoms with Crippen LogP contribution in [0.25, 0.3) is 0 Å². The molecule has 0 aromatic rings. The van der Waals surface area contributed by atoms with Crippen LogP contribution in [0.3, 0.4) is 0 Å². The number of aliphatic carboxylic acids is 1. The second-order valence-electron chi connectivity index (χ2n) is 8.20. The molecule has 6 heteroatoms. The summed E-state index contributed by atoms with van der Waals surface area (Å²) in [4.78, 5) is 25.9. The fraction of sp³-hybridized carbons (Fsp3) is 0.818.